The van der Waals surface area contributed by atoms with Gasteiger partial charge in [-0.3, -0.25) is 0 Å². The summed E-state index contributed by atoms with van der Waals surface area (Å²) in [7, 11) is 0. The van der Waals surface area contributed by atoms with Gasteiger partial charge in [0, 0.05) is 17.6 Å². The lowest BCUT2D eigenvalue weighted by Crippen LogP contribution is -1.91. The number of nitrogens with two attached hydrogens (primary N) is 1. The van der Waals surface area contributed by atoms with Gasteiger partial charge in [-0.15, -0.1) is 11.3 Å². The molecule has 10 heavy (non-hydrogen) atoms. The predicted octanol–water partition coefficient (Wildman–Crippen LogP) is 1.42. The van der Waals surface area contributed by atoms with Crippen LogP contribution in [-0.4, -0.2) is 11.5 Å². The Morgan fingerprint density at radius 1 is 1.80 bits per heavy atom. The van der Waals surface area contributed by atoms with Gasteiger partial charge in [-0.25, -0.2) is 4.98 Å². The number of thiazole rings is 1. The first-order valence-electron chi connectivity index (χ1n) is 3.12. The fourth-order valence-electron chi connectivity index (χ4n) is 0.639. The summed E-state index contributed by atoms with van der Waals surface area (Å²) in [6.07, 6.45) is 5.77. The molecular formula is C7H10N2S. The molecule has 0 aliphatic carbocycles. The average molecular weight is 154 g/mol. The van der Waals surface area contributed by atoms with Crippen LogP contribution in [0.2, 0.25) is 0 Å². The monoisotopic (exact) mass is 154 g/mol. The van der Waals surface area contributed by atoms with Crippen LogP contribution < -0.4 is 5.73 Å². The van der Waals surface area contributed by atoms with Crippen LogP contribution in [0.1, 0.15) is 9.88 Å². The third kappa shape index (κ3) is 1.93. The van der Waals surface area contributed by atoms with Gasteiger partial charge in [0.15, 0.2) is 0 Å². The van der Waals surface area contributed by atoms with E-state index in [2.05, 4.69) is 4.98 Å². The number of hydrogen-bond acceptors (Lipinski definition) is 3. The molecule has 0 aliphatic heterocycles. The Hall–Kier alpha value is -0.670. The molecule has 0 fully saturated rings. The van der Waals surface area contributed by atoms with Crippen LogP contribution in [0.15, 0.2) is 12.3 Å². The minimum Gasteiger partial charge on any atom is -0.327 e. The van der Waals surface area contributed by atoms with Crippen molar-refractivity contribution in [1.82, 2.24) is 4.98 Å². The highest BCUT2D eigenvalue weighted by Crippen LogP contribution is 2.12. The number of nitrogens with zero attached hydrogens (tertiary/aromatic N) is 1. The second-order valence-corrected chi connectivity index (χ2v) is 3.19. The van der Waals surface area contributed by atoms with E-state index in [1.807, 2.05) is 25.3 Å². The number of hydrogen-bond donors (Lipinski definition) is 1. The fourth-order valence-corrected chi connectivity index (χ4v) is 1.36. The van der Waals surface area contributed by atoms with E-state index < -0.39 is 0 Å². The summed E-state index contributed by atoms with van der Waals surface area (Å²) in [6.45, 7) is 2.58. The van der Waals surface area contributed by atoms with Crippen LogP contribution in [0, 0.1) is 6.92 Å². The Balaban J connectivity index is 2.67. The van der Waals surface area contributed by atoms with Crippen molar-refractivity contribution in [2.45, 2.75) is 6.92 Å². The molecule has 2 nitrogen and oxygen atoms in total. The highest BCUT2D eigenvalue weighted by atomic mass is 32.1. The highest BCUT2D eigenvalue weighted by Gasteiger charge is 1.90. The van der Waals surface area contributed by atoms with E-state index in [9.17, 15) is 0 Å². The molecule has 0 radical (unpaired) electrons. The van der Waals surface area contributed by atoms with E-state index in [4.69, 9.17) is 5.73 Å². The van der Waals surface area contributed by atoms with Gasteiger partial charge in [0.25, 0.3) is 0 Å². The maximum Gasteiger partial charge on any atom is 0.0900 e. The normalized spacial score (nSPS) is 11.0. The molecule has 1 rings (SSSR count). The lowest BCUT2D eigenvalue weighted by atomic mass is 10.4. The summed E-state index contributed by atoms with van der Waals surface area (Å²) in [6, 6.07) is 0. The lowest BCUT2D eigenvalue weighted by molar-refractivity contribution is 1.26. The van der Waals surface area contributed by atoms with Gasteiger partial charge in [0.1, 0.15) is 0 Å². The van der Waals surface area contributed by atoms with Gasteiger partial charge >= 0.3 is 0 Å². The van der Waals surface area contributed by atoms with E-state index in [-0.39, 0.29) is 0 Å². The van der Waals surface area contributed by atoms with E-state index in [0.29, 0.717) is 6.54 Å². The van der Waals surface area contributed by atoms with Crippen LogP contribution in [0.4, 0.5) is 0 Å². The number of aromatic nitrogens is 1. The molecule has 0 bridgehead atoms. The molecule has 3 heteroatoms. The zero-order chi connectivity index (χ0) is 7.40. The van der Waals surface area contributed by atoms with Crippen molar-refractivity contribution in [3.05, 3.63) is 22.2 Å². The standard InChI is InChI=1S/C7H10N2S/c1-6-9-5-7(10-6)3-2-4-8/h2-3,5H,4,8H2,1H3. The second-order valence-electron chi connectivity index (χ2n) is 1.92. The van der Waals surface area contributed by atoms with Crippen LogP contribution in [0.5, 0.6) is 0 Å². The molecule has 0 unspecified atom stereocenters. The summed E-state index contributed by atoms with van der Waals surface area (Å²) < 4.78 is 0. The first kappa shape index (κ1) is 7.44. The zero-order valence-corrected chi connectivity index (χ0v) is 6.69. The average Bonchev–Trinajstić information content (AvgIpc) is 2.31. The third-order valence-electron chi connectivity index (χ3n) is 1.06. The van der Waals surface area contributed by atoms with Crippen molar-refractivity contribution in [2.24, 2.45) is 5.73 Å². The predicted molar refractivity (Wildman–Crippen MR) is 44.9 cm³/mol. The third-order valence-corrected chi connectivity index (χ3v) is 1.94. The minimum atomic E-state index is 0.594. The highest BCUT2D eigenvalue weighted by molar-refractivity contribution is 7.12. The molecule has 0 amide bonds. The lowest BCUT2D eigenvalue weighted by Gasteiger charge is -1.78. The van der Waals surface area contributed by atoms with Gasteiger partial charge in [0.2, 0.25) is 0 Å². The van der Waals surface area contributed by atoms with E-state index in [1.165, 1.54) is 4.88 Å². The first-order chi connectivity index (χ1) is 4.83. The molecule has 2 N–H and O–H groups in total. The van der Waals surface area contributed by atoms with Crippen LogP contribution in [-0.2, 0) is 0 Å². The number of aryl methyl sites for hydroxylation is 1. The van der Waals surface area contributed by atoms with E-state index in [0.717, 1.165) is 5.01 Å². The van der Waals surface area contributed by atoms with Gasteiger partial charge < -0.3 is 5.73 Å². The number of rotatable bonds is 2. The minimum absolute atomic E-state index is 0.594. The van der Waals surface area contributed by atoms with E-state index in [1.54, 1.807) is 11.3 Å². The van der Waals surface area contributed by atoms with Crippen LogP contribution >= 0.6 is 11.3 Å². The molecule has 0 spiro atoms. The van der Waals surface area contributed by atoms with Gasteiger partial charge in [0.05, 0.1) is 5.01 Å². The quantitative estimate of drug-likeness (QED) is 0.699. The molecule has 54 valence electrons. The maximum atomic E-state index is 5.28. The second kappa shape index (κ2) is 3.49. The Labute approximate surface area is 64.4 Å². The van der Waals surface area contributed by atoms with Gasteiger partial charge in [-0.1, -0.05) is 6.08 Å². The van der Waals surface area contributed by atoms with Crippen molar-refractivity contribution in [3.63, 3.8) is 0 Å². The summed E-state index contributed by atoms with van der Waals surface area (Å²) >= 11 is 1.67. The summed E-state index contributed by atoms with van der Waals surface area (Å²) in [4.78, 5) is 5.27. The molecule has 1 aromatic rings. The van der Waals surface area contributed by atoms with Gasteiger partial charge in [-0.2, -0.15) is 0 Å². The summed E-state index contributed by atoms with van der Waals surface area (Å²) in [5, 5.41) is 1.09. The van der Waals surface area contributed by atoms with E-state index >= 15 is 0 Å². The SMILES string of the molecule is Cc1ncc(C=CCN)s1. The Morgan fingerprint density at radius 3 is 3.10 bits per heavy atom. The molecule has 0 saturated carbocycles. The van der Waals surface area contributed by atoms with Crippen molar-refractivity contribution >= 4 is 17.4 Å². The first-order valence-corrected chi connectivity index (χ1v) is 3.93. The topological polar surface area (TPSA) is 38.9 Å². The molecule has 1 heterocycles. The Bertz CT molecular complexity index is 227. The Kier molecular flexibility index (Phi) is 2.59. The largest absolute Gasteiger partial charge is 0.327 e. The molecule has 0 atom stereocenters. The fraction of sp³-hybridized carbons (Fsp3) is 0.286. The summed E-state index contributed by atoms with van der Waals surface area (Å²) in [5.74, 6) is 0. The van der Waals surface area contributed by atoms with Crippen molar-refractivity contribution in [1.29, 1.82) is 0 Å². The van der Waals surface area contributed by atoms with Crippen LogP contribution in [0.25, 0.3) is 6.08 Å². The molecular weight excluding hydrogens is 144 g/mol. The van der Waals surface area contributed by atoms with Crippen molar-refractivity contribution in [2.75, 3.05) is 6.54 Å². The summed E-state index contributed by atoms with van der Waals surface area (Å²) in [5.41, 5.74) is 5.28. The van der Waals surface area contributed by atoms with Crippen molar-refractivity contribution in [3.8, 4) is 0 Å². The molecule has 0 aliphatic rings. The molecule has 0 aromatic carbocycles. The van der Waals surface area contributed by atoms with Crippen LogP contribution in [0.3, 0.4) is 0 Å². The molecule has 1 aromatic heterocycles. The van der Waals surface area contributed by atoms with Gasteiger partial charge in [-0.05, 0) is 13.0 Å². The molecule has 0 saturated heterocycles. The van der Waals surface area contributed by atoms with Crippen molar-refractivity contribution < 1.29 is 0 Å². The maximum absolute atomic E-state index is 5.28. The zero-order valence-electron chi connectivity index (χ0n) is 5.87. The smallest absolute Gasteiger partial charge is 0.0900 e. The Morgan fingerprint density at radius 2 is 2.60 bits per heavy atom.